The van der Waals surface area contributed by atoms with Crippen LogP contribution >= 0.6 is 0 Å². The van der Waals surface area contributed by atoms with Gasteiger partial charge in [-0.2, -0.15) is 0 Å². The lowest BCUT2D eigenvalue weighted by Crippen LogP contribution is -2.48. The summed E-state index contributed by atoms with van der Waals surface area (Å²) in [4.78, 5) is 12.7. The van der Waals surface area contributed by atoms with Crippen LogP contribution in [0.3, 0.4) is 0 Å². The van der Waals surface area contributed by atoms with Crippen molar-refractivity contribution in [3.63, 3.8) is 0 Å². The molecule has 4 rings (SSSR count). The molecule has 1 aromatic rings. The van der Waals surface area contributed by atoms with Gasteiger partial charge in [0, 0.05) is 18.1 Å². The third-order valence-electron chi connectivity index (χ3n) is 5.58. The first kappa shape index (κ1) is 14.8. The topological polar surface area (TPSA) is 59.6 Å². The summed E-state index contributed by atoms with van der Waals surface area (Å²) in [6.45, 7) is 3.05. The molecule has 124 valence electrons. The summed E-state index contributed by atoms with van der Waals surface area (Å²) in [7, 11) is 0. The fourth-order valence-electron chi connectivity index (χ4n) is 4.20. The highest BCUT2D eigenvalue weighted by Gasteiger charge is 2.44. The van der Waals surface area contributed by atoms with E-state index < -0.39 is 0 Å². The first-order valence-electron chi connectivity index (χ1n) is 8.64. The number of amides is 1. The van der Waals surface area contributed by atoms with Gasteiger partial charge in [0.2, 0.25) is 12.7 Å². The van der Waals surface area contributed by atoms with E-state index in [1.807, 2.05) is 25.1 Å². The first-order chi connectivity index (χ1) is 11.2. The number of hydrogen-bond acceptors (Lipinski definition) is 4. The van der Waals surface area contributed by atoms with E-state index in [1.54, 1.807) is 0 Å². The van der Waals surface area contributed by atoms with Crippen LogP contribution in [0.25, 0.3) is 0 Å². The van der Waals surface area contributed by atoms with Crippen LogP contribution in [0.1, 0.15) is 50.5 Å². The second-order valence-corrected chi connectivity index (χ2v) is 6.99. The third kappa shape index (κ3) is 2.67. The molecule has 0 saturated carbocycles. The highest BCUT2D eigenvalue weighted by Crippen LogP contribution is 2.38. The van der Waals surface area contributed by atoms with Gasteiger partial charge in [0.1, 0.15) is 0 Å². The van der Waals surface area contributed by atoms with Crippen LogP contribution < -0.4 is 20.1 Å². The van der Waals surface area contributed by atoms with Gasteiger partial charge in [0.05, 0.1) is 5.92 Å². The van der Waals surface area contributed by atoms with Crippen LogP contribution in [-0.4, -0.2) is 30.8 Å². The van der Waals surface area contributed by atoms with Gasteiger partial charge in [0.15, 0.2) is 11.5 Å². The van der Waals surface area contributed by atoms with Crippen molar-refractivity contribution in [3.8, 4) is 11.5 Å². The minimum atomic E-state index is -0.139. The second kappa shape index (κ2) is 5.71. The molecule has 1 aromatic carbocycles. The van der Waals surface area contributed by atoms with Crippen molar-refractivity contribution >= 4 is 5.91 Å². The zero-order valence-electron chi connectivity index (χ0n) is 13.6. The average molecular weight is 316 g/mol. The average Bonchev–Trinajstić information content (AvgIpc) is 3.29. The normalized spacial score (nSPS) is 28.8. The summed E-state index contributed by atoms with van der Waals surface area (Å²) in [6, 6.07) is 6.47. The maximum absolute atomic E-state index is 12.7. The highest BCUT2D eigenvalue weighted by molar-refractivity contribution is 5.84. The number of hydrogen-bond donors (Lipinski definition) is 2. The second-order valence-electron chi connectivity index (χ2n) is 6.99. The molecule has 3 heterocycles. The number of nitrogens with one attached hydrogen (secondary N) is 2. The molecular weight excluding hydrogens is 292 g/mol. The standard InChI is InChI=1S/C18H24N2O3/c1-2-14(12-3-4-15-16(9-12)23-11-22-15)17(21)19-10-18-7-5-13(20-18)6-8-18/h3-4,9,13-14,20H,2,5-8,10-11H2,1H3,(H,19,21). The van der Waals surface area contributed by atoms with Gasteiger partial charge in [-0.1, -0.05) is 13.0 Å². The van der Waals surface area contributed by atoms with Gasteiger partial charge >= 0.3 is 0 Å². The van der Waals surface area contributed by atoms with Gasteiger partial charge in [-0.25, -0.2) is 0 Å². The van der Waals surface area contributed by atoms with Crippen molar-refractivity contribution in [2.45, 2.75) is 56.5 Å². The Morgan fingerprint density at radius 2 is 2.13 bits per heavy atom. The SMILES string of the molecule is CCC(C(=O)NCC12CCC(CC1)N2)c1ccc2c(c1)OCO2. The minimum Gasteiger partial charge on any atom is -0.454 e. The van der Waals surface area contributed by atoms with Crippen LogP contribution in [-0.2, 0) is 4.79 Å². The van der Waals surface area contributed by atoms with Crippen molar-refractivity contribution in [1.29, 1.82) is 0 Å². The van der Waals surface area contributed by atoms with Crippen LogP contribution in [0.15, 0.2) is 18.2 Å². The molecule has 3 aliphatic heterocycles. The monoisotopic (exact) mass is 316 g/mol. The highest BCUT2D eigenvalue weighted by atomic mass is 16.7. The van der Waals surface area contributed by atoms with E-state index >= 15 is 0 Å². The van der Waals surface area contributed by atoms with Gasteiger partial charge in [0.25, 0.3) is 0 Å². The molecule has 2 bridgehead atoms. The third-order valence-corrected chi connectivity index (χ3v) is 5.58. The summed E-state index contributed by atoms with van der Waals surface area (Å²) < 4.78 is 10.8. The lowest BCUT2D eigenvalue weighted by atomic mass is 9.87. The van der Waals surface area contributed by atoms with Crippen molar-refractivity contribution in [2.75, 3.05) is 13.3 Å². The molecule has 0 radical (unpaired) electrons. The molecule has 1 atom stereocenters. The van der Waals surface area contributed by atoms with Crippen LogP contribution in [0.4, 0.5) is 0 Å². The molecule has 3 aliphatic rings. The molecule has 1 amide bonds. The summed E-state index contributed by atoms with van der Waals surface area (Å²) in [6.07, 6.45) is 5.62. The molecule has 2 saturated heterocycles. The maximum Gasteiger partial charge on any atom is 0.231 e. The number of benzene rings is 1. The van der Waals surface area contributed by atoms with E-state index in [0.717, 1.165) is 30.0 Å². The largest absolute Gasteiger partial charge is 0.454 e. The molecule has 2 fully saturated rings. The predicted octanol–water partition coefficient (Wildman–Crippen LogP) is 2.31. The Morgan fingerprint density at radius 3 is 2.83 bits per heavy atom. The van der Waals surface area contributed by atoms with Crippen LogP contribution in [0.5, 0.6) is 11.5 Å². The summed E-state index contributed by atoms with van der Waals surface area (Å²) in [5.41, 5.74) is 1.14. The molecule has 0 spiro atoms. The molecule has 1 unspecified atom stereocenters. The fraction of sp³-hybridized carbons (Fsp3) is 0.611. The van der Waals surface area contributed by atoms with Gasteiger partial charge in [-0.3, -0.25) is 4.79 Å². The molecule has 0 aliphatic carbocycles. The number of rotatable bonds is 5. The van der Waals surface area contributed by atoms with E-state index in [9.17, 15) is 4.79 Å². The summed E-state index contributed by atoms with van der Waals surface area (Å²) in [5.74, 6) is 1.47. The van der Waals surface area contributed by atoms with Crippen molar-refractivity contribution in [3.05, 3.63) is 23.8 Å². The van der Waals surface area contributed by atoms with Crippen molar-refractivity contribution in [2.24, 2.45) is 0 Å². The van der Waals surface area contributed by atoms with E-state index in [1.165, 1.54) is 25.7 Å². The number of ether oxygens (including phenoxy) is 2. The molecule has 5 nitrogen and oxygen atoms in total. The number of fused-ring (bicyclic) bond motifs is 3. The molecular formula is C18H24N2O3. The maximum atomic E-state index is 12.7. The van der Waals surface area contributed by atoms with Gasteiger partial charge in [-0.15, -0.1) is 0 Å². The van der Waals surface area contributed by atoms with Crippen LogP contribution in [0.2, 0.25) is 0 Å². The number of carbonyl (C=O) groups is 1. The summed E-state index contributed by atoms with van der Waals surface area (Å²) in [5, 5.41) is 6.86. The number of carbonyl (C=O) groups excluding carboxylic acids is 1. The predicted molar refractivity (Wildman–Crippen MR) is 86.7 cm³/mol. The minimum absolute atomic E-state index is 0.109. The molecule has 23 heavy (non-hydrogen) atoms. The fourth-order valence-corrected chi connectivity index (χ4v) is 4.20. The molecule has 5 heteroatoms. The smallest absolute Gasteiger partial charge is 0.231 e. The van der Waals surface area contributed by atoms with Gasteiger partial charge in [-0.05, 0) is 49.8 Å². The van der Waals surface area contributed by atoms with E-state index in [0.29, 0.717) is 6.04 Å². The van der Waals surface area contributed by atoms with Crippen LogP contribution in [0, 0.1) is 0 Å². The quantitative estimate of drug-likeness (QED) is 0.875. The Bertz CT molecular complexity index is 608. The van der Waals surface area contributed by atoms with E-state index in [-0.39, 0.29) is 24.2 Å². The van der Waals surface area contributed by atoms with Crippen molar-refractivity contribution < 1.29 is 14.3 Å². The lowest BCUT2D eigenvalue weighted by molar-refractivity contribution is -0.122. The molecule has 0 aromatic heterocycles. The Morgan fingerprint density at radius 1 is 1.35 bits per heavy atom. The summed E-state index contributed by atoms with van der Waals surface area (Å²) >= 11 is 0. The Labute approximate surface area is 136 Å². The van der Waals surface area contributed by atoms with Gasteiger partial charge < -0.3 is 20.1 Å². The lowest BCUT2D eigenvalue weighted by Gasteiger charge is -2.27. The van der Waals surface area contributed by atoms with Crippen molar-refractivity contribution in [1.82, 2.24) is 10.6 Å². The first-order valence-corrected chi connectivity index (χ1v) is 8.64. The Balaban J connectivity index is 1.43. The Kier molecular flexibility index (Phi) is 3.68. The Hall–Kier alpha value is -1.75. The zero-order valence-corrected chi connectivity index (χ0v) is 13.6. The molecule has 2 N–H and O–H groups in total. The van der Waals surface area contributed by atoms with E-state index in [2.05, 4.69) is 10.6 Å². The van der Waals surface area contributed by atoms with E-state index in [4.69, 9.17) is 9.47 Å². The zero-order chi connectivity index (χ0) is 15.9.